The molecule has 33 heavy (non-hydrogen) atoms. The van der Waals surface area contributed by atoms with Crippen LogP contribution in [0.1, 0.15) is 30.4 Å². The van der Waals surface area contributed by atoms with E-state index in [0.29, 0.717) is 35.4 Å². The molecule has 0 unspecified atom stereocenters. The van der Waals surface area contributed by atoms with Gasteiger partial charge in [0.15, 0.2) is 11.5 Å². The maximum absolute atomic E-state index is 13.3. The van der Waals surface area contributed by atoms with Crippen molar-refractivity contribution < 1.29 is 19.0 Å². The summed E-state index contributed by atoms with van der Waals surface area (Å²) in [5.74, 6) is 1.85. The Hall–Kier alpha value is -3.31. The van der Waals surface area contributed by atoms with Gasteiger partial charge in [-0.1, -0.05) is 30.8 Å². The Labute approximate surface area is 198 Å². The number of carbonyl (C=O) groups is 1. The molecule has 4 rings (SSSR count). The molecule has 2 heterocycles. The number of allylic oxidation sites excluding steroid dienone is 1. The van der Waals surface area contributed by atoms with Crippen LogP contribution < -0.4 is 19.1 Å². The Kier molecular flexibility index (Phi) is 6.70. The minimum atomic E-state index is -0.411. The lowest BCUT2D eigenvalue weighted by Gasteiger charge is -2.42. The Balaban J connectivity index is 1.69. The van der Waals surface area contributed by atoms with Crippen molar-refractivity contribution in [2.24, 2.45) is 0 Å². The lowest BCUT2D eigenvalue weighted by Crippen LogP contribution is -2.47. The second-order valence-electron chi connectivity index (χ2n) is 7.83. The molecule has 0 aliphatic carbocycles. The van der Waals surface area contributed by atoms with E-state index >= 15 is 0 Å². The van der Waals surface area contributed by atoms with Gasteiger partial charge in [0.1, 0.15) is 5.75 Å². The van der Waals surface area contributed by atoms with Crippen molar-refractivity contribution in [2.75, 3.05) is 38.8 Å². The fourth-order valence-electron chi connectivity index (χ4n) is 4.26. The second kappa shape index (κ2) is 9.67. The van der Waals surface area contributed by atoms with Crippen LogP contribution in [0.25, 0.3) is 0 Å². The highest BCUT2D eigenvalue weighted by molar-refractivity contribution is 8.03. The van der Waals surface area contributed by atoms with Crippen molar-refractivity contribution in [1.29, 1.82) is 5.26 Å². The highest BCUT2D eigenvalue weighted by Gasteiger charge is 2.39. The molecule has 2 aromatic carbocycles. The van der Waals surface area contributed by atoms with Crippen LogP contribution in [0.5, 0.6) is 17.2 Å². The fourth-order valence-corrected chi connectivity index (χ4v) is 5.43. The number of ether oxygens (including phenoxy) is 3. The van der Waals surface area contributed by atoms with Gasteiger partial charge in [0, 0.05) is 29.7 Å². The summed E-state index contributed by atoms with van der Waals surface area (Å²) in [7, 11) is 4.68. The standard InChI is InChI=1S/C25H27N3O4S/c1-5-16-6-8-17(9-7-16)27-14-28-24(29)11-18(20(13-26)25(28)33-15-27)19-10-22(31-3)23(32-4)12-21(19)30-2/h6-10,12,18H,5,11,14-15H2,1-4H3/t18-/m1/s1. The van der Waals surface area contributed by atoms with Crippen LogP contribution in [0.15, 0.2) is 47.0 Å². The quantitative estimate of drug-likeness (QED) is 0.622. The van der Waals surface area contributed by atoms with Gasteiger partial charge in [-0.05, 0) is 30.2 Å². The van der Waals surface area contributed by atoms with Crippen molar-refractivity contribution in [3.8, 4) is 23.3 Å². The van der Waals surface area contributed by atoms with E-state index in [4.69, 9.17) is 14.2 Å². The third-order valence-electron chi connectivity index (χ3n) is 6.11. The van der Waals surface area contributed by atoms with E-state index in [0.717, 1.165) is 22.7 Å². The van der Waals surface area contributed by atoms with Crippen LogP contribution in [-0.2, 0) is 11.2 Å². The molecule has 0 bridgehead atoms. The van der Waals surface area contributed by atoms with E-state index in [-0.39, 0.29) is 12.3 Å². The summed E-state index contributed by atoms with van der Waals surface area (Å²) in [5.41, 5.74) is 3.65. The molecule has 1 atom stereocenters. The number of rotatable bonds is 6. The number of carbonyl (C=O) groups excluding carboxylic acids is 1. The number of anilines is 1. The van der Waals surface area contributed by atoms with E-state index < -0.39 is 5.92 Å². The summed E-state index contributed by atoms with van der Waals surface area (Å²) in [6.07, 6.45) is 1.17. The number of nitriles is 1. The van der Waals surface area contributed by atoms with Crippen LogP contribution in [0.4, 0.5) is 5.69 Å². The number of benzene rings is 2. The highest BCUT2D eigenvalue weighted by Crippen LogP contribution is 2.47. The summed E-state index contributed by atoms with van der Waals surface area (Å²) in [6, 6.07) is 14.3. The lowest BCUT2D eigenvalue weighted by molar-refractivity contribution is -0.129. The van der Waals surface area contributed by atoms with E-state index in [9.17, 15) is 10.1 Å². The first-order chi connectivity index (χ1) is 16.0. The second-order valence-corrected chi connectivity index (χ2v) is 8.77. The number of methoxy groups -OCH3 is 3. The Morgan fingerprint density at radius 1 is 1.06 bits per heavy atom. The van der Waals surface area contributed by atoms with Crippen molar-refractivity contribution in [3.05, 3.63) is 58.1 Å². The smallest absolute Gasteiger partial charge is 0.229 e. The first kappa shape index (κ1) is 22.9. The van der Waals surface area contributed by atoms with E-state index in [1.807, 2.05) is 0 Å². The minimum absolute atomic E-state index is 0.0202. The maximum Gasteiger partial charge on any atom is 0.229 e. The average Bonchev–Trinajstić information content (AvgIpc) is 2.87. The molecule has 172 valence electrons. The van der Waals surface area contributed by atoms with Crippen LogP contribution in [0, 0.1) is 11.3 Å². The molecule has 1 amide bonds. The third kappa shape index (κ3) is 4.21. The molecule has 0 spiro atoms. The molecule has 2 aromatic rings. The molecule has 1 fully saturated rings. The lowest BCUT2D eigenvalue weighted by atomic mass is 9.85. The zero-order chi connectivity index (χ0) is 23.5. The molecule has 0 radical (unpaired) electrons. The number of hydrogen-bond donors (Lipinski definition) is 0. The monoisotopic (exact) mass is 465 g/mol. The van der Waals surface area contributed by atoms with Gasteiger partial charge in [-0.2, -0.15) is 5.26 Å². The first-order valence-electron chi connectivity index (χ1n) is 10.8. The predicted molar refractivity (Wildman–Crippen MR) is 129 cm³/mol. The number of amides is 1. The summed E-state index contributed by atoms with van der Waals surface area (Å²) in [5, 5.41) is 10.8. The summed E-state index contributed by atoms with van der Waals surface area (Å²) in [4.78, 5) is 17.2. The first-order valence-corrected chi connectivity index (χ1v) is 11.7. The van der Waals surface area contributed by atoms with Crippen LogP contribution in [0.2, 0.25) is 0 Å². The summed E-state index contributed by atoms with van der Waals surface area (Å²) in [6.45, 7) is 2.55. The van der Waals surface area contributed by atoms with Crippen molar-refractivity contribution >= 4 is 23.4 Å². The number of hydrogen-bond acceptors (Lipinski definition) is 7. The molecule has 0 saturated carbocycles. The van der Waals surface area contributed by atoms with Crippen molar-refractivity contribution in [2.45, 2.75) is 25.7 Å². The Morgan fingerprint density at radius 3 is 2.33 bits per heavy atom. The molecule has 8 heteroatoms. The largest absolute Gasteiger partial charge is 0.496 e. The Bertz CT molecular complexity index is 1120. The predicted octanol–water partition coefficient (Wildman–Crippen LogP) is 4.49. The molecule has 2 aliphatic heterocycles. The van der Waals surface area contributed by atoms with Gasteiger partial charge >= 0.3 is 0 Å². The Morgan fingerprint density at radius 2 is 1.73 bits per heavy atom. The fraction of sp³-hybridized carbons (Fsp3) is 0.360. The van der Waals surface area contributed by atoms with Crippen LogP contribution in [-0.4, -0.2) is 44.7 Å². The highest BCUT2D eigenvalue weighted by atomic mass is 32.2. The molecule has 1 saturated heterocycles. The SMILES string of the molecule is CCc1ccc(N2CSC3=C(C#N)[C@@H](c4cc(OC)c(OC)cc4OC)CC(=O)N3C2)cc1. The van der Waals surface area contributed by atoms with Gasteiger partial charge in [-0.3, -0.25) is 9.69 Å². The van der Waals surface area contributed by atoms with Gasteiger partial charge in [0.05, 0.1) is 50.5 Å². The molecule has 7 nitrogen and oxygen atoms in total. The zero-order valence-electron chi connectivity index (χ0n) is 19.3. The normalized spacial score (nSPS) is 18.0. The van der Waals surface area contributed by atoms with Gasteiger partial charge < -0.3 is 19.1 Å². The molecular weight excluding hydrogens is 438 g/mol. The summed E-state index contributed by atoms with van der Waals surface area (Å²) >= 11 is 1.52. The van der Waals surface area contributed by atoms with Gasteiger partial charge in [0.2, 0.25) is 5.91 Å². The topological polar surface area (TPSA) is 75.0 Å². The van der Waals surface area contributed by atoms with Gasteiger partial charge in [-0.15, -0.1) is 0 Å². The average molecular weight is 466 g/mol. The minimum Gasteiger partial charge on any atom is -0.496 e. The number of nitrogens with zero attached hydrogens (tertiary/aromatic N) is 3. The zero-order valence-corrected chi connectivity index (χ0v) is 20.1. The van der Waals surface area contributed by atoms with E-state index in [1.165, 1.54) is 17.3 Å². The van der Waals surface area contributed by atoms with Gasteiger partial charge in [-0.25, -0.2) is 0 Å². The van der Waals surface area contributed by atoms with Crippen LogP contribution >= 0.6 is 11.8 Å². The summed E-state index contributed by atoms with van der Waals surface area (Å²) < 4.78 is 16.4. The van der Waals surface area contributed by atoms with Crippen molar-refractivity contribution in [3.63, 3.8) is 0 Å². The molecule has 2 aliphatic rings. The molecular formula is C25H27N3O4S. The van der Waals surface area contributed by atoms with Crippen LogP contribution in [0.3, 0.4) is 0 Å². The van der Waals surface area contributed by atoms with Gasteiger partial charge in [0.25, 0.3) is 0 Å². The van der Waals surface area contributed by atoms with E-state index in [1.54, 1.807) is 38.4 Å². The molecule has 0 N–H and O–H groups in total. The maximum atomic E-state index is 13.3. The molecule has 0 aromatic heterocycles. The van der Waals surface area contributed by atoms with E-state index in [2.05, 4.69) is 42.2 Å². The van der Waals surface area contributed by atoms with Crippen molar-refractivity contribution in [1.82, 2.24) is 4.90 Å². The number of fused-ring (bicyclic) bond motifs is 1. The number of thioether (sulfide) groups is 1. The third-order valence-corrected chi connectivity index (χ3v) is 7.27. The number of aryl methyl sites for hydroxylation is 1.